The van der Waals surface area contributed by atoms with Crippen LogP contribution in [0.2, 0.25) is 0 Å². The summed E-state index contributed by atoms with van der Waals surface area (Å²) >= 11 is 0. The molecule has 0 unspecified atom stereocenters. The van der Waals surface area contributed by atoms with E-state index in [-0.39, 0.29) is 5.75 Å². The maximum Gasteiger partial charge on any atom is 0.192 e. The van der Waals surface area contributed by atoms with Gasteiger partial charge in [0.2, 0.25) is 0 Å². The van der Waals surface area contributed by atoms with Crippen LogP contribution in [-0.2, 0) is 25.1 Å². The number of sulfone groups is 1. The van der Waals surface area contributed by atoms with Crippen molar-refractivity contribution in [3.63, 3.8) is 0 Å². The molecule has 0 spiro atoms. The van der Waals surface area contributed by atoms with Crippen LogP contribution in [0.3, 0.4) is 0 Å². The van der Waals surface area contributed by atoms with Gasteiger partial charge in [-0.3, -0.25) is 0 Å². The smallest absolute Gasteiger partial charge is 0.192 e. The van der Waals surface area contributed by atoms with Crippen molar-refractivity contribution in [2.45, 2.75) is 31.0 Å². The Morgan fingerprint density at radius 2 is 1.72 bits per heavy atom. The van der Waals surface area contributed by atoms with Crippen LogP contribution < -0.4 is 0 Å². The number of ether oxygens (including phenoxy) is 2. The molecule has 0 N–H and O–H groups in total. The molecule has 5 heteroatoms. The van der Waals surface area contributed by atoms with Gasteiger partial charge in [0.25, 0.3) is 0 Å². The van der Waals surface area contributed by atoms with Gasteiger partial charge in [-0.2, -0.15) is 0 Å². The molecular formula is C13H18O4S. The van der Waals surface area contributed by atoms with Gasteiger partial charge < -0.3 is 9.47 Å². The monoisotopic (exact) mass is 270 g/mol. The number of hydrogen-bond acceptors (Lipinski definition) is 4. The molecule has 0 radical (unpaired) electrons. The highest BCUT2D eigenvalue weighted by Gasteiger charge is 2.33. The topological polar surface area (TPSA) is 52.6 Å². The molecule has 1 heterocycles. The molecule has 1 aromatic carbocycles. The van der Waals surface area contributed by atoms with Gasteiger partial charge in [-0.1, -0.05) is 19.1 Å². The molecule has 0 aliphatic carbocycles. The first-order chi connectivity index (χ1) is 8.48. The zero-order valence-corrected chi connectivity index (χ0v) is 11.5. The highest BCUT2D eigenvalue weighted by molar-refractivity contribution is 7.91. The molecule has 1 aliphatic rings. The Balaban J connectivity index is 2.25. The average Bonchev–Trinajstić information content (AvgIpc) is 2.78. The van der Waals surface area contributed by atoms with Gasteiger partial charge in [0.15, 0.2) is 15.6 Å². The third-order valence-corrected chi connectivity index (χ3v) is 4.99. The summed E-state index contributed by atoms with van der Waals surface area (Å²) in [5.41, 5.74) is 0.843. The Labute approximate surface area is 108 Å². The summed E-state index contributed by atoms with van der Waals surface area (Å²) < 4.78 is 34.8. The Morgan fingerprint density at radius 1 is 1.17 bits per heavy atom. The Hall–Kier alpha value is -0.910. The molecule has 100 valence electrons. The van der Waals surface area contributed by atoms with E-state index >= 15 is 0 Å². The number of hydrogen-bond donors (Lipinski definition) is 0. The zero-order chi connectivity index (χ0) is 13.2. The lowest BCUT2D eigenvalue weighted by Gasteiger charge is -2.22. The van der Waals surface area contributed by atoms with Gasteiger partial charge in [-0.25, -0.2) is 8.42 Å². The number of benzene rings is 1. The molecular weight excluding hydrogens is 252 g/mol. The Bertz CT molecular complexity index is 498. The summed E-state index contributed by atoms with van der Waals surface area (Å²) in [7, 11) is -3.15. The maximum atomic E-state index is 11.9. The standard InChI is InChI=1S/C13H18O4S/c1-3-10-18(14,15)12-6-4-11(5-7-12)13(2)16-8-9-17-13/h4-7H,3,8-10H2,1-2H3. The molecule has 0 saturated carbocycles. The third-order valence-electron chi connectivity index (χ3n) is 3.05. The summed E-state index contributed by atoms with van der Waals surface area (Å²) in [5.74, 6) is -0.566. The Morgan fingerprint density at radius 3 is 2.22 bits per heavy atom. The molecule has 1 fully saturated rings. The second kappa shape index (κ2) is 4.99. The van der Waals surface area contributed by atoms with Crippen molar-refractivity contribution in [3.8, 4) is 0 Å². The van der Waals surface area contributed by atoms with Gasteiger partial charge >= 0.3 is 0 Å². The van der Waals surface area contributed by atoms with Crippen LogP contribution in [0.4, 0.5) is 0 Å². The van der Waals surface area contributed by atoms with Gasteiger partial charge in [0.05, 0.1) is 23.9 Å². The van der Waals surface area contributed by atoms with Crippen LogP contribution in [0.25, 0.3) is 0 Å². The summed E-state index contributed by atoms with van der Waals surface area (Å²) in [6.07, 6.45) is 0.619. The van der Waals surface area contributed by atoms with Crippen molar-refractivity contribution in [2.75, 3.05) is 19.0 Å². The van der Waals surface area contributed by atoms with Crippen LogP contribution in [0, 0.1) is 0 Å². The van der Waals surface area contributed by atoms with Gasteiger partial charge in [0.1, 0.15) is 0 Å². The molecule has 0 amide bonds. The molecule has 4 nitrogen and oxygen atoms in total. The molecule has 0 atom stereocenters. The fourth-order valence-corrected chi connectivity index (χ4v) is 3.36. The molecule has 1 aliphatic heterocycles. The van der Waals surface area contributed by atoms with E-state index in [0.717, 1.165) is 5.56 Å². The summed E-state index contributed by atoms with van der Waals surface area (Å²) in [6.45, 7) is 4.82. The normalized spacial score (nSPS) is 19.0. The lowest BCUT2D eigenvalue weighted by molar-refractivity contribution is -0.149. The van der Waals surface area contributed by atoms with Crippen LogP contribution in [0.15, 0.2) is 29.2 Å². The minimum absolute atomic E-state index is 0.177. The SMILES string of the molecule is CCCS(=O)(=O)c1ccc(C2(C)OCCO2)cc1. The second-order valence-electron chi connectivity index (χ2n) is 4.49. The largest absolute Gasteiger partial charge is 0.344 e. The van der Waals surface area contributed by atoms with Crippen LogP contribution in [-0.4, -0.2) is 27.4 Å². The zero-order valence-electron chi connectivity index (χ0n) is 10.7. The molecule has 1 saturated heterocycles. The van der Waals surface area contributed by atoms with E-state index in [4.69, 9.17) is 9.47 Å². The van der Waals surface area contributed by atoms with Gasteiger partial charge in [0, 0.05) is 5.56 Å². The summed E-state index contributed by atoms with van der Waals surface area (Å²) in [6, 6.07) is 6.76. The predicted molar refractivity (Wildman–Crippen MR) is 68.0 cm³/mol. The van der Waals surface area contributed by atoms with E-state index in [0.29, 0.717) is 24.5 Å². The van der Waals surface area contributed by atoms with Crippen molar-refractivity contribution in [3.05, 3.63) is 29.8 Å². The fraction of sp³-hybridized carbons (Fsp3) is 0.538. The molecule has 18 heavy (non-hydrogen) atoms. The van der Waals surface area contributed by atoms with E-state index in [9.17, 15) is 8.42 Å². The Kier molecular flexibility index (Phi) is 3.75. The van der Waals surface area contributed by atoms with E-state index in [1.54, 1.807) is 24.3 Å². The minimum Gasteiger partial charge on any atom is -0.344 e. The summed E-state index contributed by atoms with van der Waals surface area (Å²) in [4.78, 5) is 0.356. The highest BCUT2D eigenvalue weighted by Crippen LogP contribution is 2.31. The number of rotatable bonds is 4. The van der Waals surface area contributed by atoms with Gasteiger partial charge in [-0.05, 0) is 25.5 Å². The molecule has 1 aromatic rings. The van der Waals surface area contributed by atoms with E-state index in [2.05, 4.69) is 0 Å². The van der Waals surface area contributed by atoms with Crippen molar-refractivity contribution >= 4 is 9.84 Å². The first-order valence-corrected chi connectivity index (χ1v) is 7.74. The molecule has 0 aromatic heterocycles. The van der Waals surface area contributed by atoms with Crippen LogP contribution in [0.1, 0.15) is 25.8 Å². The van der Waals surface area contributed by atoms with E-state index in [1.165, 1.54) is 0 Å². The first-order valence-electron chi connectivity index (χ1n) is 6.09. The lowest BCUT2D eigenvalue weighted by atomic mass is 10.1. The van der Waals surface area contributed by atoms with E-state index in [1.807, 2.05) is 13.8 Å². The third kappa shape index (κ3) is 2.58. The highest BCUT2D eigenvalue weighted by atomic mass is 32.2. The van der Waals surface area contributed by atoms with Crippen molar-refractivity contribution in [1.29, 1.82) is 0 Å². The summed E-state index contributed by atoms with van der Waals surface area (Å²) in [5, 5.41) is 0. The maximum absolute atomic E-state index is 11.9. The van der Waals surface area contributed by atoms with Gasteiger partial charge in [-0.15, -0.1) is 0 Å². The minimum atomic E-state index is -3.15. The van der Waals surface area contributed by atoms with Crippen molar-refractivity contribution < 1.29 is 17.9 Å². The molecule has 0 bridgehead atoms. The first kappa shape index (κ1) is 13.5. The second-order valence-corrected chi connectivity index (χ2v) is 6.60. The van der Waals surface area contributed by atoms with Crippen molar-refractivity contribution in [2.24, 2.45) is 0 Å². The predicted octanol–water partition coefficient (Wildman–Crippen LogP) is 2.09. The van der Waals surface area contributed by atoms with Crippen LogP contribution >= 0.6 is 0 Å². The molecule has 2 rings (SSSR count). The van der Waals surface area contributed by atoms with Crippen molar-refractivity contribution in [1.82, 2.24) is 0 Å². The van der Waals surface area contributed by atoms with Crippen LogP contribution in [0.5, 0.6) is 0 Å². The fourth-order valence-electron chi connectivity index (χ4n) is 2.03. The van der Waals surface area contributed by atoms with E-state index < -0.39 is 15.6 Å². The lowest BCUT2D eigenvalue weighted by Crippen LogP contribution is -2.22. The average molecular weight is 270 g/mol. The quantitative estimate of drug-likeness (QED) is 0.840.